The van der Waals surface area contributed by atoms with Gasteiger partial charge in [-0.15, -0.1) is 0 Å². The highest BCUT2D eigenvalue weighted by Crippen LogP contribution is 2.19. The van der Waals surface area contributed by atoms with Crippen LogP contribution in [0, 0.1) is 0 Å². The van der Waals surface area contributed by atoms with Crippen LogP contribution in [0.15, 0.2) is 108 Å². The number of carbonyl (C=O) groups is 2. The second kappa shape index (κ2) is 16.2. The topological polar surface area (TPSA) is 140 Å². The molecule has 0 fully saturated rings. The quantitative estimate of drug-likeness (QED) is 0.152. The van der Waals surface area contributed by atoms with E-state index in [0.29, 0.717) is 36.0 Å². The number of rotatable bonds is 15. The fourth-order valence-electron chi connectivity index (χ4n) is 4.66. The Hall–Kier alpha value is -4.22. The minimum atomic E-state index is -4.09. The van der Waals surface area contributed by atoms with Crippen LogP contribution in [-0.2, 0) is 39.1 Å². The second-order valence-electron chi connectivity index (χ2n) is 10.4. The molecular formula is C34H37ClN4O5S. The molecule has 0 saturated carbocycles. The second-order valence-corrected chi connectivity index (χ2v) is 12.5. The first-order chi connectivity index (χ1) is 21.7. The van der Waals surface area contributed by atoms with Gasteiger partial charge in [-0.2, -0.15) is 4.72 Å². The number of sulfonamides is 1. The molecule has 236 valence electrons. The Kier molecular flexibility index (Phi) is 12.1. The lowest BCUT2D eigenvalue weighted by Crippen LogP contribution is -2.49. The lowest BCUT2D eigenvalue weighted by atomic mass is 9.97. The lowest BCUT2D eigenvalue weighted by molar-refractivity contribution is -0.124. The van der Waals surface area contributed by atoms with Crippen molar-refractivity contribution in [3.8, 4) is 5.75 Å². The lowest BCUT2D eigenvalue weighted by Gasteiger charge is -2.22. The third-order valence-corrected chi connectivity index (χ3v) is 8.88. The molecule has 4 aromatic rings. The van der Waals surface area contributed by atoms with E-state index in [2.05, 4.69) is 15.4 Å². The first-order valence-electron chi connectivity index (χ1n) is 14.6. The predicted octanol–water partition coefficient (Wildman–Crippen LogP) is 4.30. The standard InChI is InChI=1S/C34H37ClN4O5S/c1-2-44-29-16-12-24(13-17-29)20-32(39-45(42,43)30-18-14-28(35)15-19-30)34(41)38-23-31(27-6-4-3-5-7-27)33(40)37-22-26-10-8-25(21-36)9-11-26/h3-19,31-32,39H,2,20-23,36H2,1H3,(H,37,40)(H,38,41)/t31-,32+/m0/s1. The van der Waals surface area contributed by atoms with Gasteiger partial charge in [-0.05, 0) is 72.0 Å². The smallest absolute Gasteiger partial charge is 0.241 e. The average molecular weight is 649 g/mol. The Balaban J connectivity index is 1.52. The summed E-state index contributed by atoms with van der Waals surface area (Å²) >= 11 is 5.95. The molecular weight excluding hydrogens is 612 g/mol. The van der Waals surface area contributed by atoms with Crippen molar-refractivity contribution < 1.29 is 22.7 Å². The number of hydrogen-bond acceptors (Lipinski definition) is 6. The van der Waals surface area contributed by atoms with E-state index < -0.39 is 27.9 Å². The first-order valence-corrected chi connectivity index (χ1v) is 16.4. The Morgan fingerprint density at radius 1 is 0.800 bits per heavy atom. The van der Waals surface area contributed by atoms with Gasteiger partial charge in [-0.25, -0.2) is 8.42 Å². The Morgan fingerprint density at radius 2 is 1.42 bits per heavy atom. The fraction of sp³-hybridized carbons (Fsp3) is 0.235. The molecule has 4 aromatic carbocycles. The monoisotopic (exact) mass is 648 g/mol. The van der Waals surface area contributed by atoms with Crippen LogP contribution in [0.3, 0.4) is 0 Å². The number of carbonyl (C=O) groups excluding carboxylic acids is 2. The fourth-order valence-corrected chi connectivity index (χ4v) is 5.98. The van der Waals surface area contributed by atoms with Gasteiger partial charge < -0.3 is 21.1 Å². The van der Waals surface area contributed by atoms with E-state index >= 15 is 0 Å². The van der Waals surface area contributed by atoms with Gasteiger partial charge in [0.1, 0.15) is 11.8 Å². The molecule has 2 amide bonds. The van der Waals surface area contributed by atoms with Crippen LogP contribution >= 0.6 is 11.6 Å². The maximum absolute atomic E-state index is 13.7. The summed E-state index contributed by atoms with van der Waals surface area (Å²) < 4.78 is 34.6. The summed E-state index contributed by atoms with van der Waals surface area (Å²) in [6.45, 7) is 3.05. The molecule has 4 rings (SSSR count). The van der Waals surface area contributed by atoms with Crippen LogP contribution < -0.4 is 25.8 Å². The Bertz CT molecular complexity index is 1650. The molecule has 0 aliphatic rings. The van der Waals surface area contributed by atoms with Crippen molar-refractivity contribution in [3.63, 3.8) is 0 Å². The number of hydrogen-bond donors (Lipinski definition) is 4. The number of ether oxygens (including phenoxy) is 1. The summed E-state index contributed by atoms with van der Waals surface area (Å²) in [7, 11) is -4.09. The zero-order valence-corrected chi connectivity index (χ0v) is 26.5. The van der Waals surface area contributed by atoms with Crippen LogP contribution in [0.5, 0.6) is 5.75 Å². The maximum atomic E-state index is 13.7. The SMILES string of the molecule is CCOc1ccc(C[C@@H](NS(=O)(=O)c2ccc(Cl)cc2)C(=O)NC[C@H](C(=O)NCc2ccc(CN)cc2)c2ccccc2)cc1. The van der Waals surface area contributed by atoms with Crippen molar-refractivity contribution in [1.82, 2.24) is 15.4 Å². The summed E-state index contributed by atoms with van der Waals surface area (Å²) in [5.74, 6) is -0.921. The third kappa shape index (κ3) is 9.89. The average Bonchev–Trinajstić information content (AvgIpc) is 3.05. The molecule has 0 heterocycles. The number of halogens is 1. The highest BCUT2D eigenvalue weighted by atomic mass is 35.5. The van der Waals surface area contributed by atoms with Gasteiger partial charge in [0.15, 0.2) is 0 Å². The molecule has 9 nitrogen and oxygen atoms in total. The summed E-state index contributed by atoms with van der Waals surface area (Å²) in [5.41, 5.74) is 9.00. The molecule has 11 heteroatoms. The minimum Gasteiger partial charge on any atom is -0.494 e. The number of nitrogens with one attached hydrogen (secondary N) is 3. The minimum absolute atomic E-state index is 0.0302. The molecule has 0 aromatic heterocycles. The normalized spacial score (nSPS) is 12.6. The van der Waals surface area contributed by atoms with Crippen molar-refractivity contribution in [2.24, 2.45) is 5.73 Å². The molecule has 0 saturated heterocycles. The highest BCUT2D eigenvalue weighted by Gasteiger charge is 2.28. The largest absolute Gasteiger partial charge is 0.494 e. The van der Waals surface area contributed by atoms with Crippen LogP contribution in [0.1, 0.15) is 35.1 Å². The zero-order chi connectivity index (χ0) is 32.2. The Labute approximate surface area is 269 Å². The predicted molar refractivity (Wildman–Crippen MR) is 175 cm³/mol. The zero-order valence-electron chi connectivity index (χ0n) is 24.9. The van der Waals surface area contributed by atoms with Gasteiger partial charge in [-0.1, -0.05) is 78.3 Å². The van der Waals surface area contributed by atoms with Crippen molar-refractivity contribution >= 4 is 33.4 Å². The van der Waals surface area contributed by atoms with Crippen molar-refractivity contribution in [3.05, 3.63) is 130 Å². The molecule has 0 aliphatic heterocycles. The molecule has 0 spiro atoms. The van der Waals surface area contributed by atoms with Crippen molar-refractivity contribution in [1.29, 1.82) is 0 Å². The molecule has 0 unspecified atom stereocenters. The van der Waals surface area contributed by atoms with Gasteiger partial charge in [0, 0.05) is 24.7 Å². The summed E-state index contributed by atoms with van der Waals surface area (Å²) in [5, 5.41) is 6.16. The van der Waals surface area contributed by atoms with Gasteiger partial charge in [0.25, 0.3) is 0 Å². The summed E-state index contributed by atoms with van der Waals surface area (Å²) in [4.78, 5) is 27.0. The molecule has 0 radical (unpaired) electrons. The van der Waals surface area contributed by atoms with E-state index in [1.54, 1.807) is 24.3 Å². The first kappa shape index (κ1) is 33.7. The van der Waals surface area contributed by atoms with Crippen LogP contribution in [0.25, 0.3) is 0 Å². The van der Waals surface area contributed by atoms with E-state index in [-0.39, 0.29) is 23.8 Å². The van der Waals surface area contributed by atoms with E-state index in [1.807, 2.05) is 61.5 Å². The number of nitrogens with two attached hydrogens (primary N) is 1. The summed E-state index contributed by atoms with van der Waals surface area (Å²) in [6.07, 6.45) is 0.0616. The summed E-state index contributed by atoms with van der Waals surface area (Å²) in [6, 6.07) is 28.3. The van der Waals surface area contributed by atoms with Gasteiger partial charge in [-0.3, -0.25) is 9.59 Å². The Morgan fingerprint density at radius 3 is 2.04 bits per heavy atom. The van der Waals surface area contributed by atoms with Gasteiger partial charge >= 0.3 is 0 Å². The number of amides is 2. The number of benzene rings is 4. The molecule has 5 N–H and O–H groups in total. The van der Waals surface area contributed by atoms with Gasteiger partial charge in [0.2, 0.25) is 21.8 Å². The van der Waals surface area contributed by atoms with Crippen LogP contribution in [0.2, 0.25) is 5.02 Å². The molecule has 0 aliphatic carbocycles. The third-order valence-electron chi connectivity index (χ3n) is 7.14. The highest BCUT2D eigenvalue weighted by molar-refractivity contribution is 7.89. The van der Waals surface area contributed by atoms with E-state index in [0.717, 1.165) is 16.7 Å². The molecule has 45 heavy (non-hydrogen) atoms. The maximum Gasteiger partial charge on any atom is 0.241 e. The van der Waals surface area contributed by atoms with E-state index in [1.165, 1.54) is 24.3 Å². The van der Waals surface area contributed by atoms with Crippen LogP contribution in [0.4, 0.5) is 0 Å². The molecule has 2 atom stereocenters. The molecule has 0 bridgehead atoms. The van der Waals surface area contributed by atoms with Crippen LogP contribution in [-0.4, -0.2) is 39.4 Å². The van der Waals surface area contributed by atoms with Gasteiger partial charge in [0.05, 0.1) is 17.4 Å². The van der Waals surface area contributed by atoms with E-state index in [4.69, 9.17) is 22.1 Å². The van der Waals surface area contributed by atoms with Crippen molar-refractivity contribution in [2.75, 3.05) is 13.2 Å². The van der Waals surface area contributed by atoms with Crippen molar-refractivity contribution in [2.45, 2.75) is 43.3 Å². The van der Waals surface area contributed by atoms with E-state index in [9.17, 15) is 18.0 Å².